The summed E-state index contributed by atoms with van der Waals surface area (Å²) in [6.45, 7) is 2.85. The molecule has 2 N–H and O–H groups in total. The topological polar surface area (TPSA) is 66.9 Å². The van der Waals surface area contributed by atoms with Gasteiger partial charge < -0.3 is 10.6 Å². The lowest BCUT2D eigenvalue weighted by atomic mass is 10.2. The predicted molar refractivity (Wildman–Crippen MR) is 83.7 cm³/mol. The first-order valence-corrected chi connectivity index (χ1v) is 6.89. The number of anilines is 1. The van der Waals surface area contributed by atoms with E-state index < -0.39 is 0 Å². The Kier molecular flexibility index (Phi) is 5.59. The number of benzene rings is 1. The van der Waals surface area contributed by atoms with Gasteiger partial charge in [-0.05, 0) is 42.8 Å². The van der Waals surface area contributed by atoms with Gasteiger partial charge in [-0.15, -0.1) is 5.10 Å². The summed E-state index contributed by atoms with van der Waals surface area (Å²) >= 11 is 0. The summed E-state index contributed by atoms with van der Waals surface area (Å²) < 4.78 is 13.0. The fourth-order valence-electron chi connectivity index (χ4n) is 1.71. The van der Waals surface area contributed by atoms with Crippen molar-refractivity contribution in [3.63, 3.8) is 0 Å². The molecule has 2 aromatic rings. The lowest BCUT2D eigenvalue weighted by Gasteiger charge is -2.05. The monoisotopic (exact) mass is 300 g/mol. The SMILES string of the molecule is Cc1ccc(NCCNC(=O)C=Cc2cccc(F)c2)nn1. The van der Waals surface area contributed by atoms with Crippen molar-refractivity contribution in [1.29, 1.82) is 0 Å². The third-order valence-electron chi connectivity index (χ3n) is 2.80. The zero-order valence-electron chi connectivity index (χ0n) is 12.2. The number of hydrogen-bond donors (Lipinski definition) is 2. The van der Waals surface area contributed by atoms with E-state index in [-0.39, 0.29) is 11.7 Å². The first kappa shape index (κ1) is 15.6. The molecule has 0 unspecified atom stereocenters. The van der Waals surface area contributed by atoms with Crippen LogP contribution in [0.25, 0.3) is 6.08 Å². The van der Waals surface area contributed by atoms with Crippen LogP contribution < -0.4 is 10.6 Å². The molecule has 0 aliphatic carbocycles. The van der Waals surface area contributed by atoms with E-state index in [1.807, 2.05) is 19.1 Å². The minimum atomic E-state index is -0.328. The van der Waals surface area contributed by atoms with Crippen LogP contribution in [0.15, 0.2) is 42.5 Å². The number of carbonyl (C=O) groups is 1. The Morgan fingerprint density at radius 1 is 1.23 bits per heavy atom. The lowest BCUT2D eigenvalue weighted by Crippen LogP contribution is -2.27. The number of aryl methyl sites for hydroxylation is 1. The maximum absolute atomic E-state index is 13.0. The van der Waals surface area contributed by atoms with Gasteiger partial charge in [0.25, 0.3) is 0 Å². The molecular formula is C16H17FN4O. The normalized spacial score (nSPS) is 10.6. The molecule has 1 aromatic heterocycles. The summed E-state index contributed by atoms with van der Waals surface area (Å²) in [7, 11) is 0. The highest BCUT2D eigenvalue weighted by Crippen LogP contribution is 2.05. The molecule has 0 atom stereocenters. The number of rotatable bonds is 6. The van der Waals surface area contributed by atoms with Crippen molar-refractivity contribution < 1.29 is 9.18 Å². The fraction of sp³-hybridized carbons (Fsp3) is 0.188. The summed E-state index contributed by atoms with van der Waals surface area (Å²) in [6.07, 6.45) is 2.94. The van der Waals surface area contributed by atoms with Crippen molar-refractivity contribution in [3.05, 3.63) is 59.5 Å². The molecule has 1 aromatic carbocycles. The number of halogens is 1. The van der Waals surface area contributed by atoms with Crippen molar-refractivity contribution in [1.82, 2.24) is 15.5 Å². The molecule has 2 rings (SSSR count). The summed E-state index contributed by atoms with van der Waals surface area (Å²) in [4.78, 5) is 11.6. The Bertz CT molecular complexity index is 655. The number of hydrogen-bond acceptors (Lipinski definition) is 4. The molecule has 0 saturated heterocycles. The van der Waals surface area contributed by atoms with Crippen LogP contribution in [0.1, 0.15) is 11.3 Å². The predicted octanol–water partition coefficient (Wildman–Crippen LogP) is 2.17. The molecule has 0 aliphatic rings. The van der Waals surface area contributed by atoms with E-state index in [1.165, 1.54) is 18.2 Å². The third kappa shape index (κ3) is 5.32. The van der Waals surface area contributed by atoms with Crippen molar-refractivity contribution >= 4 is 17.8 Å². The molecule has 0 aliphatic heterocycles. The zero-order valence-corrected chi connectivity index (χ0v) is 12.2. The molecule has 0 fully saturated rings. The zero-order chi connectivity index (χ0) is 15.8. The Labute approximate surface area is 128 Å². The van der Waals surface area contributed by atoms with Gasteiger partial charge in [-0.25, -0.2) is 4.39 Å². The number of carbonyl (C=O) groups excluding carboxylic acids is 1. The molecule has 0 saturated carbocycles. The molecular weight excluding hydrogens is 283 g/mol. The smallest absolute Gasteiger partial charge is 0.244 e. The first-order chi connectivity index (χ1) is 10.6. The highest BCUT2D eigenvalue weighted by atomic mass is 19.1. The van der Waals surface area contributed by atoms with Crippen molar-refractivity contribution in [2.75, 3.05) is 18.4 Å². The average molecular weight is 300 g/mol. The van der Waals surface area contributed by atoms with Gasteiger partial charge in [0.2, 0.25) is 5.91 Å². The standard InChI is InChI=1S/C16H17FN4O/c1-12-5-7-15(21-20-12)18-9-10-19-16(22)8-6-13-3-2-4-14(17)11-13/h2-8,11H,9-10H2,1H3,(H,18,21)(H,19,22). The highest BCUT2D eigenvalue weighted by Gasteiger charge is 1.97. The second-order valence-electron chi connectivity index (χ2n) is 4.67. The fourth-order valence-corrected chi connectivity index (χ4v) is 1.71. The van der Waals surface area contributed by atoms with Crippen molar-refractivity contribution in [2.24, 2.45) is 0 Å². The van der Waals surface area contributed by atoms with Gasteiger partial charge in [0.15, 0.2) is 0 Å². The summed E-state index contributed by atoms with van der Waals surface area (Å²) in [6, 6.07) is 9.73. The van der Waals surface area contributed by atoms with Crippen LogP contribution >= 0.6 is 0 Å². The largest absolute Gasteiger partial charge is 0.367 e. The maximum atomic E-state index is 13.0. The Hall–Kier alpha value is -2.76. The van der Waals surface area contributed by atoms with Crippen molar-refractivity contribution in [3.8, 4) is 0 Å². The van der Waals surface area contributed by atoms with E-state index in [0.29, 0.717) is 24.5 Å². The van der Waals surface area contributed by atoms with Crippen LogP contribution in [0, 0.1) is 12.7 Å². The molecule has 0 radical (unpaired) electrons. The van der Waals surface area contributed by atoms with Crippen LogP contribution in [0.5, 0.6) is 0 Å². The highest BCUT2D eigenvalue weighted by molar-refractivity contribution is 5.91. The van der Waals surface area contributed by atoms with E-state index in [0.717, 1.165) is 5.69 Å². The van der Waals surface area contributed by atoms with Crippen LogP contribution in [0.4, 0.5) is 10.2 Å². The van der Waals surface area contributed by atoms with E-state index >= 15 is 0 Å². The first-order valence-electron chi connectivity index (χ1n) is 6.89. The number of nitrogens with one attached hydrogen (secondary N) is 2. The minimum absolute atomic E-state index is 0.235. The minimum Gasteiger partial charge on any atom is -0.367 e. The molecule has 0 spiro atoms. The summed E-state index contributed by atoms with van der Waals surface area (Å²) in [5.41, 5.74) is 1.49. The van der Waals surface area contributed by atoms with Gasteiger partial charge in [-0.3, -0.25) is 4.79 Å². The second-order valence-corrected chi connectivity index (χ2v) is 4.67. The van der Waals surface area contributed by atoms with Crippen LogP contribution in [0.3, 0.4) is 0 Å². The maximum Gasteiger partial charge on any atom is 0.244 e. The molecule has 5 nitrogen and oxygen atoms in total. The van der Waals surface area contributed by atoms with Crippen LogP contribution in [0.2, 0.25) is 0 Å². The molecule has 1 heterocycles. The molecule has 114 valence electrons. The van der Waals surface area contributed by atoms with Gasteiger partial charge in [0, 0.05) is 19.2 Å². The van der Waals surface area contributed by atoms with E-state index in [2.05, 4.69) is 20.8 Å². The number of aromatic nitrogens is 2. The van der Waals surface area contributed by atoms with E-state index in [9.17, 15) is 9.18 Å². The Morgan fingerprint density at radius 3 is 2.82 bits per heavy atom. The van der Waals surface area contributed by atoms with Gasteiger partial charge in [0.1, 0.15) is 11.6 Å². The van der Waals surface area contributed by atoms with Gasteiger partial charge in [-0.1, -0.05) is 12.1 Å². The van der Waals surface area contributed by atoms with Gasteiger partial charge in [0.05, 0.1) is 5.69 Å². The molecule has 6 heteroatoms. The second kappa shape index (κ2) is 7.87. The number of nitrogens with zero attached hydrogens (tertiary/aromatic N) is 2. The Morgan fingerprint density at radius 2 is 2.09 bits per heavy atom. The molecule has 0 bridgehead atoms. The summed E-state index contributed by atoms with van der Waals surface area (Å²) in [5.74, 6) is 0.0992. The van der Waals surface area contributed by atoms with Gasteiger partial charge in [-0.2, -0.15) is 5.10 Å². The Balaban J connectivity index is 1.70. The van der Waals surface area contributed by atoms with E-state index in [1.54, 1.807) is 18.2 Å². The molecule has 22 heavy (non-hydrogen) atoms. The van der Waals surface area contributed by atoms with Gasteiger partial charge >= 0.3 is 0 Å². The average Bonchev–Trinajstić information content (AvgIpc) is 2.51. The van der Waals surface area contributed by atoms with E-state index in [4.69, 9.17) is 0 Å². The van der Waals surface area contributed by atoms with Crippen LogP contribution in [-0.4, -0.2) is 29.2 Å². The van der Waals surface area contributed by atoms with Crippen LogP contribution in [-0.2, 0) is 4.79 Å². The number of amides is 1. The van der Waals surface area contributed by atoms with Crippen molar-refractivity contribution in [2.45, 2.75) is 6.92 Å². The lowest BCUT2D eigenvalue weighted by molar-refractivity contribution is -0.116. The quantitative estimate of drug-likeness (QED) is 0.634. The third-order valence-corrected chi connectivity index (χ3v) is 2.80. The molecule has 1 amide bonds. The summed E-state index contributed by atoms with van der Waals surface area (Å²) in [5, 5.41) is 13.6.